The molecule has 0 bridgehead atoms. The van der Waals surface area contributed by atoms with E-state index in [1.807, 2.05) is 11.9 Å². The van der Waals surface area contributed by atoms with Crippen molar-refractivity contribution in [2.45, 2.75) is 38.1 Å². The Morgan fingerprint density at radius 2 is 2.06 bits per heavy atom. The molecule has 1 rings (SSSR count). The zero-order valence-corrected chi connectivity index (χ0v) is 11.0. The molecule has 2 amide bonds. The van der Waals surface area contributed by atoms with Gasteiger partial charge in [-0.3, -0.25) is 0 Å². The summed E-state index contributed by atoms with van der Waals surface area (Å²) in [5.74, 6) is 0.662. The lowest BCUT2D eigenvalue weighted by Crippen LogP contribution is -2.58. The van der Waals surface area contributed by atoms with Crippen molar-refractivity contribution in [1.29, 1.82) is 0 Å². The highest BCUT2D eigenvalue weighted by molar-refractivity contribution is 5.74. The Kier molecular flexibility index (Phi) is 4.19. The van der Waals surface area contributed by atoms with E-state index in [4.69, 9.17) is 5.73 Å². The van der Waals surface area contributed by atoms with Crippen LogP contribution in [0.2, 0.25) is 0 Å². The van der Waals surface area contributed by atoms with E-state index >= 15 is 0 Å². The molecule has 0 aromatic heterocycles. The van der Waals surface area contributed by atoms with Crippen LogP contribution in [-0.2, 0) is 0 Å². The maximum absolute atomic E-state index is 12.0. The fourth-order valence-corrected chi connectivity index (χ4v) is 2.76. The Labute approximate surface area is 98.8 Å². The molecule has 2 N–H and O–H groups in total. The second kappa shape index (κ2) is 5.04. The molecule has 1 fully saturated rings. The molecule has 16 heavy (non-hydrogen) atoms. The Morgan fingerprint density at radius 1 is 1.44 bits per heavy atom. The van der Waals surface area contributed by atoms with E-state index in [0.29, 0.717) is 12.5 Å². The van der Waals surface area contributed by atoms with Gasteiger partial charge in [0.25, 0.3) is 0 Å². The highest BCUT2D eigenvalue weighted by Gasteiger charge is 2.40. The van der Waals surface area contributed by atoms with Gasteiger partial charge in [0.05, 0.1) is 5.54 Å². The molecule has 4 nitrogen and oxygen atoms in total. The first-order valence-electron chi connectivity index (χ1n) is 6.08. The van der Waals surface area contributed by atoms with Gasteiger partial charge in [-0.1, -0.05) is 19.8 Å². The maximum Gasteiger partial charge on any atom is 0.319 e. The van der Waals surface area contributed by atoms with Crippen molar-refractivity contribution >= 4 is 6.03 Å². The van der Waals surface area contributed by atoms with Crippen molar-refractivity contribution in [3.63, 3.8) is 0 Å². The molecule has 2 atom stereocenters. The number of urea groups is 1. The summed E-state index contributed by atoms with van der Waals surface area (Å²) in [6, 6.07) is 0.0551. The number of nitrogens with two attached hydrogens (primary N) is 1. The highest BCUT2D eigenvalue weighted by atomic mass is 16.2. The van der Waals surface area contributed by atoms with Gasteiger partial charge in [-0.15, -0.1) is 0 Å². The molecular formula is C12H25N3O. The minimum atomic E-state index is -0.126. The third-order valence-electron chi connectivity index (χ3n) is 3.83. The third-order valence-corrected chi connectivity index (χ3v) is 3.83. The Hall–Kier alpha value is -0.770. The monoisotopic (exact) mass is 227 g/mol. The van der Waals surface area contributed by atoms with E-state index in [-0.39, 0.29) is 11.6 Å². The van der Waals surface area contributed by atoms with Gasteiger partial charge >= 0.3 is 6.03 Å². The molecule has 4 heteroatoms. The number of amides is 2. The van der Waals surface area contributed by atoms with Crippen LogP contribution in [0.1, 0.15) is 32.6 Å². The molecule has 0 heterocycles. The van der Waals surface area contributed by atoms with Gasteiger partial charge in [-0.2, -0.15) is 0 Å². The van der Waals surface area contributed by atoms with Crippen LogP contribution in [-0.4, -0.2) is 49.1 Å². The topological polar surface area (TPSA) is 49.6 Å². The molecule has 0 aliphatic heterocycles. The summed E-state index contributed by atoms with van der Waals surface area (Å²) in [6.07, 6.45) is 4.48. The van der Waals surface area contributed by atoms with Crippen LogP contribution >= 0.6 is 0 Å². The summed E-state index contributed by atoms with van der Waals surface area (Å²) in [7, 11) is 5.46. The lowest BCUT2D eigenvalue weighted by Gasteiger charge is -2.46. The standard InChI is InChI=1S/C12H25N3O/c1-10-6-5-7-12(8-10,9-13)15(4)11(16)14(2)3/h10H,5-9,13H2,1-4H3. The molecule has 94 valence electrons. The first kappa shape index (κ1) is 13.3. The molecular weight excluding hydrogens is 202 g/mol. The first-order valence-corrected chi connectivity index (χ1v) is 6.08. The van der Waals surface area contributed by atoms with Crippen molar-refractivity contribution < 1.29 is 4.79 Å². The number of hydrogen-bond donors (Lipinski definition) is 1. The zero-order valence-electron chi connectivity index (χ0n) is 11.0. The Balaban J connectivity index is 2.82. The van der Waals surface area contributed by atoms with Gasteiger partial charge in [-0.05, 0) is 18.8 Å². The summed E-state index contributed by atoms with van der Waals surface area (Å²) in [4.78, 5) is 15.5. The van der Waals surface area contributed by atoms with Crippen LogP contribution in [0.15, 0.2) is 0 Å². The van der Waals surface area contributed by atoms with Crippen molar-refractivity contribution in [3.8, 4) is 0 Å². The fourth-order valence-electron chi connectivity index (χ4n) is 2.76. The molecule has 2 unspecified atom stereocenters. The summed E-state index contributed by atoms with van der Waals surface area (Å²) < 4.78 is 0. The van der Waals surface area contributed by atoms with E-state index in [9.17, 15) is 4.79 Å². The highest BCUT2D eigenvalue weighted by Crippen LogP contribution is 2.35. The van der Waals surface area contributed by atoms with Crippen LogP contribution in [0.25, 0.3) is 0 Å². The average Bonchev–Trinajstić information content (AvgIpc) is 2.26. The minimum absolute atomic E-state index is 0.0551. The van der Waals surface area contributed by atoms with Gasteiger partial charge in [0.15, 0.2) is 0 Å². The maximum atomic E-state index is 12.0. The second-order valence-electron chi connectivity index (χ2n) is 5.37. The molecule has 0 radical (unpaired) electrons. The van der Waals surface area contributed by atoms with E-state index in [0.717, 1.165) is 12.8 Å². The molecule has 1 saturated carbocycles. The quantitative estimate of drug-likeness (QED) is 0.777. The lowest BCUT2D eigenvalue weighted by molar-refractivity contribution is 0.0721. The molecule has 0 aromatic carbocycles. The van der Waals surface area contributed by atoms with E-state index in [1.165, 1.54) is 12.8 Å². The number of carbonyl (C=O) groups excluding carboxylic acids is 1. The predicted molar refractivity (Wildman–Crippen MR) is 66.3 cm³/mol. The van der Waals surface area contributed by atoms with Crippen molar-refractivity contribution in [3.05, 3.63) is 0 Å². The molecule has 1 aliphatic rings. The average molecular weight is 227 g/mol. The third kappa shape index (κ3) is 2.48. The number of likely N-dealkylation sites (N-methyl/N-ethyl adjacent to an activating group) is 1. The fraction of sp³-hybridized carbons (Fsp3) is 0.917. The number of hydrogen-bond acceptors (Lipinski definition) is 2. The lowest BCUT2D eigenvalue weighted by atomic mass is 9.75. The van der Waals surface area contributed by atoms with E-state index < -0.39 is 0 Å². The van der Waals surface area contributed by atoms with Gasteiger partial charge in [0.1, 0.15) is 0 Å². The number of nitrogens with zero attached hydrogens (tertiary/aromatic N) is 2. The number of carbonyl (C=O) groups is 1. The van der Waals surface area contributed by atoms with Crippen LogP contribution < -0.4 is 5.73 Å². The normalized spacial score (nSPS) is 29.9. The zero-order chi connectivity index (χ0) is 12.3. The predicted octanol–water partition coefficient (Wildman–Crippen LogP) is 1.51. The summed E-state index contributed by atoms with van der Waals surface area (Å²) in [5, 5.41) is 0. The molecule has 0 aromatic rings. The molecule has 0 saturated heterocycles. The van der Waals surface area contributed by atoms with E-state index in [2.05, 4.69) is 6.92 Å². The molecule has 0 spiro atoms. The Bertz CT molecular complexity index is 255. The van der Waals surface area contributed by atoms with Crippen molar-refractivity contribution in [2.75, 3.05) is 27.7 Å². The molecule has 1 aliphatic carbocycles. The van der Waals surface area contributed by atoms with Gasteiger partial charge in [-0.25, -0.2) is 4.79 Å². The van der Waals surface area contributed by atoms with E-state index in [1.54, 1.807) is 19.0 Å². The van der Waals surface area contributed by atoms with Crippen LogP contribution in [0, 0.1) is 5.92 Å². The first-order chi connectivity index (χ1) is 7.43. The summed E-state index contributed by atoms with van der Waals surface area (Å²) in [5.41, 5.74) is 5.80. The van der Waals surface area contributed by atoms with Crippen LogP contribution in [0.3, 0.4) is 0 Å². The largest absolute Gasteiger partial charge is 0.331 e. The Morgan fingerprint density at radius 3 is 2.50 bits per heavy atom. The van der Waals surface area contributed by atoms with Crippen LogP contribution in [0.4, 0.5) is 4.79 Å². The van der Waals surface area contributed by atoms with Gasteiger partial charge in [0.2, 0.25) is 0 Å². The van der Waals surface area contributed by atoms with Crippen molar-refractivity contribution in [1.82, 2.24) is 9.80 Å². The SMILES string of the molecule is CC1CCCC(CN)(N(C)C(=O)N(C)C)C1. The minimum Gasteiger partial charge on any atom is -0.331 e. The second-order valence-corrected chi connectivity index (χ2v) is 5.37. The number of rotatable bonds is 2. The summed E-state index contributed by atoms with van der Waals surface area (Å²) >= 11 is 0. The smallest absolute Gasteiger partial charge is 0.319 e. The van der Waals surface area contributed by atoms with Gasteiger partial charge in [0, 0.05) is 27.7 Å². The van der Waals surface area contributed by atoms with Crippen molar-refractivity contribution in [2.24, 2.45) is 11.7 Å². The van der Waals surface area contributed by atoms with Gasteiger partial charge < -0.3 is 15.5 Å². The van der Waals surface area contributed by atoms with Crippen LogP contribution in [0.5, 0.6) is 0 Å². The summed E-state index contributed by atoms with van der Waals surface area (Å²) in [6.45, 7) is 2.81.